The Morgan fingerprint density at radius 3 is 2.89 bits per heavy atom. The molecule has 3 rings (SSSR count). The SMILES string of the molecule is COc1ccc(C)c2c(C3=CCNCC3)c[nH]c12. The minimum Gasteiger partial charge on any atom is -0.495 e. The van der Waals surface area contributed by atoms with E-state index in [-0.39, 0.29) is 0 Å². The molecule has 2 N–H and O–H groups in total. The van der Waals surface area contributed by atoms with E-state index in [0.29, 0.717) is 0 Å². The summed E-state index contributed by atoms with van der Waals surface area (Å²) in [4.78, 5) is 3.36. The molecule has 0 unspecified atom stereocenters. The number of benzene rings is 1. The molecular formula is C15H18N2O. The summed E-state index contributed by atoms with van der Waals surface area (Å²) in [5, 5.41) is 4.64. The van der Waals surface area contributed by atoms with Crippen LogP contribution in [0.4, 0.5) is 0 Å². The van der Waals surface area contributed by atoms with Gasteiger partial charge < -0.3 is 15.0 Å². The normalized spacial score (nSPS) is 15.8. The number of aryl methyl sites for hydroxylation is 1. The highest BCUT2D eigenvalue weighted by molar-refractivity contribution is 5.98. The monoisotopic (exact) mass is 242 g/mol. The van der Waals surface area contributed by atoms with Gasteiger partial charge in [-0.2, -0.15) is 0 Å². The molecule has 3 heteroatoms. The Hall–Kier alpha value is -1.74. The summed E-state index contributed by atoms with van der Waals surface area (Å²) in [6.07, 6.45) is 5.48. The van der Waals surface area contributed by atoms with Gasteiger partial charge in [-0.15, -0.1) is 0 Å². The number of hydrogen-bond acceptors (Lipinski definition) is 2. The summed E-state index contributed by atoms with van der Waals surface area (Å²) < 4.78 is 5.42. The van der Waals surface area contributed by atoms with Gasteiger partial charge in [0.1, 0.15) is 5.75 Å². The Morgan fingerprint density at radius 1 is 1.28 bits per heavy atom. The van der Waals surface area contributed by atoms with Crippen molar-refractivity contribution in [2.75, 3.05) is 20.2 Å². The van der Waals surface area contributed by atoms with Crippen molar-refractivity contribution >= 4 is 16.5 Å². The van der Waals surface area contributed by atoms with E-state index in [9.17, 15) is 0 Å². The molecule has 0 aliphatic carbocycles. The highest BCUT2D eigenvalue weighted by Gasteiger charge is 2.14. The summed E-state index contributed by atoms with van der Waals surface area (Å²) in [5.41, 5.74) is 5.15. The fourth-order valence-corrected chi connectivity index (χ4v) is 2.69. The minimum atomic E-state index is 0.913. The highest BCUT2D eigenvalue weighted by Crippen LogP contribution is 2.34. The number of aromatic amines is 1. The lowest BCUT2D eigenvalue weighted by Crippen LogP contribution is -2.19. The Labute approximate surface area is 107 Å². The molecule has 1 aromatic heterocycles. The number of methoxy groups -OCH3 is 1. The zero-order chi connectivity index (χ0) is 12.5. The third-order valence-corrected chi connectivity index (χ3v) is 3.64. The second kappa shape index (κ2) is 4.50. The molecule has 1 aliphatic heterocycles. The van der Waals surface area contributed by atoms with Crippen molar-refractivity contribution in [3.63, 3.8) is 0 Å². The van der Waals surface area contributed by atoms with Gasteiger partial charge in [0.25, 0.3) is 0 Å². The topological polar surface area (TPSA) is 37.0 Å². The van der Waals surface area contributed by atoms with Crippen LogP contribution in [-0.2, 0) is 0 Å². The molecule has 0 saturated heterocycles. The molecule has 0 radical (unpaired) electrons. The second-order valence-corrected chi connectivity index (χ2v) is 4.72. The Morgan fingerprint density at radius 2 is 2.17 bits per heavy atom. The molecule has 1 aliphatic rings. The molecule has 0 bridgehead atoms. The van der Waals surface area contributed by atoms with E-state index in [1.165, 1.54) is 22.1 Å². The maximum atomic E-state index is 5.42. The summed E-state index contributed by atoms with van der Waals surface area (Å²) in [5.74, 6) is 0.913. The number of rotatable bonds is 2. The first kappa shape index (κ1) is 11.4. The molecule has 0 saturated carbocycles. The van der Waals surface area contributed by atoms with Crippen LogP contribution in [0.15, 0.2) is 24.4 Å². The van der Waals surface area contributed by atoms with Crippen molar-refractivity contribution in [1.29, 1.82) is 0 Å². The average molecular weight is 242 g/mol. The lowest BCUT2D eigenvalue weighted by molar-refractivity contribution is 0.419. The Balaban J connectivity index is 2.22. The van der Waals surface area contributed by atoms with Crippen LogP contribution in [-0.4, -0.2) is 25.2 Å². The number of H-pyrrole nitrogens is 1. The lowest BCUT2D eigenvalue weighted by Gasteiger charge is -2.14. The van der Waals surface area contributed by atoms with E-state index in [0.717, 1.165) is 30.8 Å². The zero-order valence-corrected chi connectivity index (χ0v) is 10.8. The average Bonchev–Trinajstić information content (AvgIpc) is 2.86. The molecule has 2 heterocycles. The van der Waals surface area contributed by atoms with Crippen LogP contribution in [0.5, 0.6) is 5.75 Å². The standard InChI is InChI=1S/C15H18N2O/c1-10-3-4-13(18-2)15-14(10)12(9-17-15)11-5-7-16-8-6-11/h3-5,9,16-17H,6-8H2,1-2H3. The van der Waals surface area contributed by atoms with Crippen LogP contribution in [0.25, 0.3) is 16.5 Å². The predicted octanol–water partition coefficient (Wildman–Crippen LogP) is 2.86. The molecule has 3 nitrogen and oxygen atoms in total. The molecule has 0 spiro atoms. The van der Waals surface area contributed by atoms with Gasteiger partial charge in [0, 0.05) is 23.7 Å². The molecule has 1 aromatic carbocycles. The maximum Gasteiger partial charge on any atom is 0.142 e. The molecular weight excluding hydrogens is 224 g/mol. The third kappa shape index (κ3) is 1.71. The van der Waals surface area contributed by atoms with Crippen LogP contribution < -0.4 is 10.1 Å². The first-order valence-corrected chi connectivity index (χ1v) is 6.36. The van der Waals surface area contributed by atoms with Crippen LogP contribution in [0, 0.1) is 6.92 Å². The van der Waals surface area contributed by atoms with Gasteiger partial charge in [-0.3, -0.25) is 0 Å². The van der Waals surface area contributed by atoms with Crippen molar-refractivity contribution in [3.8, 4) is 5.75 Å². The molecule has 18 heavy (non-hydrogen) atoms. The summed E-state index contributed by atoms with van der Waals surface area (Å²) in [6, 6.07) is 4.15. The zero-order valence-electron chi connectivity index (χ0n) is 10.8. The van der Waals surface area contributed by atoms with E-state index >= 15 is 0 Å². The Bertz CT molecular complexity index is 610. The smallest absolute Gasteiger partial charge is 0.142 e. The van der Waals surface area contributed by atoms with E-state index < -0.39 is 0 Å². The van der Waals surface area contributed by atoms with Gasteiger partial charge in [-0.25, -0.2) is 0 Å². The van der Waals surface area contributed by atoms with Gasteiger partial charge in [0.15, 0.2) is 0 Å². The number of ether oxygens (including phenoxy) is 1. The summed E-state index contributed by atoms with van der Waals surface area (Å²) >= 11 is 0. The molecule has 94 valence electrons. The van der Waals surface area contributed by atoms with Crippen LogP contribution in [0.3, 0.4) is 0 Å². The largest absolute Gasteiger partial charge is 0.495 e. The van der Waals surface area contributed by atoms with Crippen molar-refractivity contribution in [3.05, 3.63) is 35.5 Å². The van der Waals surface area contributed by atoms with Crippen LogP contribution in [0.2, 0.25) is 0 Å². The first-order valence-electron chi connectivity index (χ1n) is 6.36. The van der Waals surface area contributed by atoms with Gasteiger partial charge in [0.2, 0.25) is 0 Å². The van der Waals surface area contributed by atoms with Crippen molar-refractivity contribution in [2.24, 2.45) is 0 Å². The van der Waals surface area contributed by atoms with Crippen LogP contribution >= 0.6 is 0 Å². The number of hydrogen-bond donors (Lipinski definition) is 2. The molecule has 0 atom stereocenters. The van der Waals surface area contributed by atoms with E-state index in [2.05, 4.69) is 35.6 Å². The molecule has 2 aromatic rings. The maximum absolute atomic E-state index is 5.42. The van der Waals surface area contributed by atoms with Gasteiger partial charge in [-0.05, 0) is 37.1 Å². The number of aromatic nitrogens is 1. The fourth-order valence-electron chi connectivity index (χ4n) is 2.69. The van der Waals surface area contributed by atoms with E-state index in [1.54, 1.807) is 7.11 Å². The van der Waals surface area contributed by atoms with E-state index in [4.69, 9.17) is 4.74 Å². The third-order valence-electron chi connectivity index (χ3n) is 3.64. The van der Waals surface area contributed by atoms with Gasteiger partial charge in [-0.1, -0.05) is 12.1 Å². The minimum absolute atomic E-state index is 0.913. The summed E-state index contributed by atoms with van der Waals surface area (Å²) in [6.45, 7) is 4.17. The quantitative estimate of drug-likeness (QED) is 0.849. The van der Waals surface area contributed by atoms with E-state index in [1.807, 2.05) is 6.07 Å². The summed E-state index contributed by atoms with van der Waals surface area (Å²) in [7, 11) is 1.72. The molecule has 0 amide bonds. The van der Waals surface area contributed by atoms with Crippen molar-refractivity contribution < 1.29 is 4.74 Å². The van der Waals surface area contributed by atoms with Gasteiger partial charge in [0.05, 0.1) is 12.6 Å². The highest BCUT2D eigenvalue weighted by atomic mass is 16.5. The predicted molar refractivity (Wildman–Crippen MR) is 75.1 cm³/mol. The Kier molecular flexibility index (Phi) is 2.84. The van der Waals surface area contributed by atoms with Crippen molar-refractivity contribution in [2.45, 2.75) is 13.3 Å². The van der Waals surface area contributed by atoms with Crippen LogP contribution in [0.1, 0.15) is 17.5 Å². The number of fused-ring (bicyclic) bond motifs is 1. The van der Waals surface area contributed by atoms with Gasteiger partial charge >= 0.3 is 0 Å². The molecule has 0 fully saturated rings. The fraction of sp³-hybridized carbons (Fsp3) is 0.333. The second-order valence-electron chi connectivity index (χ2n) is 4.72. The number of nitrogens with one attached hydrogen (secondary N) is 2. The van der Waals surface area contributed by atoms with Crippen molar-refractivity contribution in [1.82, 2.24) is 10.3 Å². The lowest BCUT2D eigenvalue weighted by atomic mass is 9.97. The first-order chi connectivity index (χ1) is 8.81.